The van der Waals surface area contributed by atoms with E-state index < -0.39 is 0 Å². The maximum absolute atomic E-state index is 5.52. The van der Waals surface area contributed by atoms with Crippen molar-refractivity contribution in [2.24, 2.45) is 0 Å². The smallest absolute Gasteiger partial charge is 0.526 e. The molecule has 0 saturated heterocycles. The average molecular weight is 299 g/mol. The average Bonchev–Trinajstić information content (AvgIpc) is 2.61. The Kier molecular flexibility index (Phi) is 3.52. The van der Waals surface area contributed by atoms with Crippen LogP contribution in [0.5, 0.6) is 11.5 Å². The summed E-state index contributed by atoms with van der Waals surface area (Å²) < 4.78 is 11.0. The summed E-state index contributed by atoms with van der Waals surface area (Å²) >= 11 is 0. The van der Waals surface area contributed by atoms with Gasteiger partial charge in [0, 0.05) is 35.3 Å². The molecule has 109 valence electrons. The Bertz CT molecular complexity index is 896. The molecule has 0 saturated carbocycles. The van der Waals surface area contributed by atoms with Crippen molar-refractivity contribution in [3.8, 4) is 11.5 Å². The Labute approximate surface area is 134 Å². The molecule has 0 N–H and O–H groups in total. The Balaban J connectivity index is 1.45. The largest absolute Gasteiger partial charge is 0.658 e. The van der Waals surface area contributed by atoms with Crippen molar-refractivity contribution in [2.45, 2.75) is 0 Å². The van der Waals surface area contributed by atoms with Crippen LogP contribution < -0.4 is 9.31 Å². The molecule has 23 heavy (non-hydrogen) atoms. The summed E-state index contributed by atoms with van der Waals surface area (Å²) in [6.45, 7) is 0. The second kappa shape index (κ2) is 5.97. The fourth-order valence-electron chi connectivity index (χ4n) is 2.37. The monoisotopic (exact) mass is 299 g/mol. The summed E-state index contributed by atoms with van der Waals surface area (Å²) in [5, 5.41) is 2.14. The molecule has 2 aromatic heterocycles. The first-order chi connectivity index (χ1) is 11.4. The van der Waals surface area contributed by atoms with E-state index in [1.165, 1.54) is 7.69 Å². The molecule has 0 aliphatic heterocycles. The number of pyridine rings is 2. The predicted molar refractivity (Wildman–Crippen MR) is 90.5 cm³/mol. The fraction of sp³-hybridized carbons (Fsp3) is 0. The summed E-state index contributed by atoms with van der Waals surface area (Å²) in [4.78, 5) is 8.60. The zero-order valence-electron chi connectivity index (χ0n) is 12.2. The van der Waals surface area contributed by atoms with Gasteiger partial charge in [-0.2, -0.15) is 0 Å². The summed E-state index contributed by atoms with van der Waals surface area (Å²) in [7, 11) is 1.31. The molecule has 0 fully saturated rings. The van der Waals surface area contributed by atoms with Crippen molar-refractivity contribution in [3.63, 3.8) is 0 Å². The SMILES string of the molecule is [B](Oc1ccc2cccnc2c1)Oc1ccc2cccnc2c1. The predicted octanol–water partition coefficient (Wildman–Crippen LogP) is 3.78. The molecule has 4 aromatic rings. The van der Waals surface area contributed by atoms with E-state index in [0.717, 1.165) is 21.8 Å². The van der Waals surface area contributed by atoms with E-state index in [-0.39, 0.29) is 0 Å². The molecule has 0 unspecified atom stereocenters. The van der Waals surface area contributed by atoms with Crippen LogP contribution in [0.3, 0.4) is 0 Å². The van der Waals surface area contributed by atoms with E-state index >= 15 is 0 Å². The highest BCUT2D eigenvalue weighted by atomic mass is 16.6. The molecule has 2 heterocycles. The zero-order valence-corrected chi connectivity index (χ0v) is 12.2. The van der Waals surface area contributed by atoms with Gasteiger partial charge >= 0.3 is 7.69 Å². The minimum atomic E-state index is 0.676. The van der Waals surface area contributed by atoms with Gasteiger partial charge in [0.2, 0.25) is 0 Å². The topological polar surface area (TPSA) is 44.2 Å². The first kappa shape index (κ1) is 13.6. The molecular weight excluding hydrogens is 287 g/mol. The van der Waals surface area contributed by atoms with Crippen molar-refractivity contribution in [1.29, 1.82) is 0 Å². The highest BCUT2D eigenvalue weighted by Crippen LogP contribution is 2.20. The molecule has 4 nitrogen and oxygen atoms in total. The number of aromatic nitrogens is 2. The molecule has 0 aliphatic carbocycles. The third-order valence-electron chi connectivity index (χ3n) is 3.52. The van der Waals surface area contributed by atoms with Crippen molar-refractivity contribution in [2.75, 3.05) is 0 Å². The molecule has 0 aliphatic rings. The normalized spacial score (nSPS) is 10.6. The van der Waals surface area contributed by atoms with E-state index in [4.69, 9.17) is 9.31 Å². The Morgan fingerprint density at radius 1 is 0.652 bits per heavy atom. The van der Waals surface area contributed by atoms with Gasteiger partial charge in [-0.15, -0.1) is 0 Å². The van der Waals surface area contributed by atoms with Crippen molar-refractivity contribution in [1.82, 2.24) is 9.97 Å². The lowest BCUT2D eigenvalue weighted by atomic mass is 10.2. The zero-order chi connectivity index (χ0) is 15.5. The third kappa shape index (κ3) is 2.94. The highest BCUT2D eigenvalue weighted by molar-refractivity contribution is 6.20. The Morgan fingerprint density at radius 3 is 1.70 bits per heavy atom. The number of benzene rings is 2. The fourth-order valence-corrected chi connectivity index (χ4v) is 2.37. The lowest BCUT2D eigenvalue weighted by Gasteiger charge is -2.07. The Morgan fingerprint density at radius 2 is 1.17 bits per heavy atom. The van der Waals surface area contributed by atoms with Gasteiger partial charge in [0.1, 0.15) is 11.5 Å². The molecule has 0 bridgehead atoms. The summed E-state index contributed by atoms with van der Waals surface area (Å²) in [5.41, 5.74) is 1.77. The van der Waals surface area contributed by atoms with Crippen molar-refractivity contribution < 1.29 is 9.31 Å². The molecule has 4 rings (SSSR count). The molecule has 0 amide bonds. The lowest BCUT2D eigenvalue weighted by Crippen LogP contribution is -2.10. The van der Waals surface area contributed by atoms with Crippen molar-refractivity contribution >= 4 is 29.5 Å². The van der Waals surface area contributed by atoms with Crippen LogP contribution in [0.2, 0.25) is 0 Å². The second-order valence-corrected chi connectivity index (χ2v) is 5.05. The third-order valence-corrected chi connectivity index (χ3v) is 3.52. The van der Waals surface area contributed by atoms with E-state index in [1.807, 2.05) is 60.7 Å². The molecular formula is C18H12BN2O2. The van der Waals surface area contributed by atoms with Crippen LogP contribution in [0.1, 0.15) is 0 Å². The maximum Gasteiger partial charge on any atom is 0.658 e. The summed E-state index contributed by atoms with van der Waals surface area (Å²) in [5.74, 6) is 1.35. The van der Waals surface area contributed by atoms with Crippen LogP contribution in [0.4, 0.5) is 0 Å². The van der Waals surface area contributed by atoms with Crippen LogP contribution in [0.15, 0.2) is 73.1 Å². The second-order valence-electron chi connectivity index (χ2n) is 5.05. The van der Waals surface area contributed by atoms with Crippen LogP contribution in [-0.2, 0) is 0 Å². The van der Waals surface area contributed by atoms with Crippen LogP contribution in [-0.4, -0.2) is 17.7 Å². The summed E-state index contributed by atoms with van der Waals surface area (Å²) in [6.07, 6.45) is 3.52. The summed E-state index contributed by atoms with van der Waals surface area (Å²) in [6, 6.07) is 19.3. The van der Waals surface area contributed by atoms with Crippen molar-refractivity contribution in [3.05, 3.63) is 73.1 Å². The van der Waals surface area contributed by atoms with Gasteiger partial charge in [-0.25, -0.2) is 0 Å². The van der Waals surface area contributed by atoms with E-state index in [0.29, 0.717) is 11.5 Å². The van der Waals surface area contributed by atoms with Gasteiger partial charge in [0.05, 0.1) is 11.0 Å². The molecule has 5 heteroatoms. The molecule has 0 atom stereocenters. The highest BCUT2D eigenvalue weighted by Gasteiger charge is 2.04. The van der Waals surface area contributed by atoms with Crippen LogP contribution >= 0.6 is 0 Å². The molecule has 1 radical (unpaired) electrons. The first-order valence-corrected chi connectivity index (χ1v) is 7.23. The number of hydrogen-bond donors (Lipinski definition) is 0. The van der Waals surface area contributed by atoms with Crippen LogP contribution in [0.25, 0.3) is 21.8 Å². The number of hydrogen-bond acceptors (Lipinski definition) is 4. The van der Waals surface area contributed by atoms with Gasteiger partial charge in [0.25, 0.3) is 0 Å². The molecule has 0 spiro atoms. The quantitative estimate of drug-likeness (QED) is 0.538. The van der Waals surface area contributed by atoms with E-state index in [1.54, 1.807) is 12.4 Å². The molecule has 2 aromatic carbocycles. The minimum absolute atomic E-state index is 0.676. The van der Waals surface area contributed by atoms with Gasteiger partial charge in [-0.1, -0.05) is 12.1 Å². The number of rotatable bonds is 4. The van der Waals surface area contributed by atoms with Gasteiger partial charge in [-0.05, 0) is 36.4 Å². The lowest BCUT2D eigenvalue weighted by molar-refractivity contribution is 0.459. The minimum Gasteiger partial charge on any atom is -0.526 e. The standard InChI is InChI=1S/C18H12BN2O2/c1-3-13-5-7-15(11-17(13)20-9-1)22-19-23-16-8-6-14-4-2-10-21-18(14)12-16/h1-12H. The maximum atomic E-state index is 5.52. The van der Waals surface area contributed by atoms with E-state index in [9.17, 15) is 0 Å². The first-order valence-electron chi connectivity index (χ1n) is 7.23. The Hall–Kier alpha value is -3.08. The van der Waals surface area contributed by atoms with Crippen LogP contribution in [0, 0.1) is 0 Å². The van der Waals surface area contributed by atoms with E-state index in [2.05, 4.69) is 9.97 Å². The number of nitrogens with zero attached hydrogens (tertiary/aromatic N) is 2. The van der Waals surface area contributed by atoms with Gasteiger partial charge in [-0.3, -0.25) is 9.97 Å². The van der Waals surface area contributed by atoms with Gasteiger partial charge in [0.15, 0.2) is 0 Å². The van der Waals surface area contributed by atoms with Gasteiger partial charge < -0.3 is 9.31 Å². The number of fused-ring (bicyclic) bond motifs is 2.